The van der Waals surface area contributed by atoms with Gasteiger partial charge in [-0.05, 0) is 18.6 Å². The van der Waals surface area contributed by atoms with Crippen LogP contribution in [0.3, 0.4) is 0 Å². The first kappa shape index (κ1) is 14.4. The van der Waals surface area contributed by atoms with E-state index in [0.717, 1.165) is 6.42 Å². The van der Waals surface area contributed by atoms with Gasteiger partial charge in [-0.15, -0.1) is 0 Å². The number of carbonyl (C=O) groups excluding carboxylic acids is 1. The van der Waals surface area contributed by atoms with Crippen LogP contribution < -0.4 is 5.73 Å². The van der Waals surface area contributed by atoms with Crippen molar-refractivity contribution in [1.29, 1.82) is 0 Å². The van der Waals surface area contributed by atoms with E-state index in [1.54, 1.807) is 17.0 Å². The van der Waals surface area contributed by atoms with Gasteiger partial charge in [0, 0.05) is 18.7 Å². The molecule has 0 radical (unpaired) electrons. The number of nitrogens with two attached hydrogens (primary N) is 1. The van der Waals surface area contributed by atoms with Gasteiger partial charge >= 0.3 is 0 Å². The normalized spacial score (nSPS) is 19.5. The zero-order valence-electron chi connectivity index (χ0n) is 10.7. The molecule has 0 aromatic heterocycles. The van der Waals surface area contributed by atoms with Gasteiger partial charge in [0.1, 0.15) is 0 Å². The van der Waals surface area contributed by atoms with Crippen LogP contribution in [-0.2, 0) is 4.74 Å². The molecule has 19 heavy (non-hydrogen) atoms. The molecule has 2 N–H and O–H groups in total. The first-order valence-electron chi connectivity index (χ1n) is 6.18. The highest BCUT2D eigenvalue weighted by atomic mass is 35.5. The molecule has 0 saturated carbocycles. The van der Waals surface area contributed by atoms with Crippen molar-refractivity contribution in [3.8, 4) is 0 Å². The third-order valence-corrected chi connectivity index (χ3v) is 4.00. The van der Waals surface area contributed by atoms with Crippen molar-refractivity contribution < 1.29 is 9.53 Å². The van der Waals surface area contributed by atoms with E-state index < -0.39 is 0 Å². The van der Waals surface area contributed by atoms with E-state index in [9.17, 15) is 4.79 Å². The maximum atomic E-state index is 12.4. The molecule has 1 heterocycles. The van der Waals surface area contributed by atoms with Crippen LogP contribution in [-0.4, -0.2) is 36.6 Å². The highest BCUT2D eigenvalue weighted by Gasteiger charge is 2.24. The maximum absolute atomic E-state index is 12.4. The van der Waals surface area contributed by atoms with Crippen LogP contribution in [0.15, 0.2) is 12.1 Å². The summed E-state index contributed by atoms with van der Waals surface area (Å²) in [5.74, 6) is -0.0907. The third kappa shape index (κ3) is 3.14. The fraction of sp³-hybridized carbons (Fsp3) is 0.462. The summed E-state index contributed by atoms with van der Waals surface area (Å²) in [6.45, 7) is 3.77. The van der Waals surface area contributed by atoms with Crippen LogP contribution in [0.5, 0.6) is 0 Å². The summed E-state index contributed by atoms with van der Waals surface area (Å²) in [5.41, 5.74) is 6.51. The van der Waals surface area contributed by atoms with Crippen LogP contribution in [0.4, 0.5) is 5.69 Å². The molecule has 1 aliphatic rings. The lowest BCUT2D eigenvalue weighted by Crippen LogP contribution is -2.45. The molecular weight excluding hydrogens is 287 g/mol. The summed E-state index contributed by atoms with van der Waals surface area (Å²) in [4.78, 5) is 14.2. The molecule has 0 bridgehead atoms. The molecule has 2 rings (SSSR count). The van der Waals surface area contributed by atoms with Gasteiger partial charge in [0.15, 0.2) is 0 Å². The molecule has 1 aromatic carbocycles. The van der Waals surface area contributed by atoms with Crippen molar-refractivity contribution in [1.82, 2.24) is 4.90 Å². The highest BCUT2D eigenvalue weighted by Crippen LogP contribution is 2.30. The van der Waals surface area contributed by atoms with Crippen molar-refractivity contribution >= 4 is 34.8 Å². The second-order valence-corrected chi connectivity index (χ2v) is 5.30. The smallest absolute Gasteiger partial charge is 0.254 e. The molecule has 0 spiro atoms. The first-order valence-corrected chi connectivity index (χ1v) is 6.94. The average Bonchev–Trinajstić information content (AvgIpc) is 2.43. The molecule has 1 fully saturated rings. The van der Waals surface area contributed by atoms with Gasteiger partial charge in [0.25, 0.3) is 5.91 Å². The van der Waals surface area contributed by atoms with Crippen molar-refractivity contribution in [2.75, 3.05) is 25.4 Å². The number of hydrogen-bond acceptors (Lipinski definition) is 3. The van der Waals surface area contributed by atoms with Crippen molar-refractivity contribution in [3.05, 3.63) is 27.7 Å². The Morgan fingerprint density at radius 1 is 1.53 bits per heavy atom. The van der Waals surface area contributed by atoms with Crippen molar-refractivity contribution in [2.45, 2.75) is 19.4 Å². The SMILES string of the molecule is CCC1CN(C(=O)c2cc(N)c(Cl)c(Cl)c2)CCO1. The summed E-state index contributed by atoms with van der Waals surface area (Å²) in [6, 6.07) is 3.12. The number of amides is 1. The van der Waals surface area contributed by atoms with Gasteiger partial charge in [0.2, 0.25) is 0 Å². The Hall–Kier alpha value is -0.970. The quantitative estimate of drug-likeness (QED) is 0.855. The Morgan fingerprint density at radius 3 is 2.89 bits per heavy atom. The highest BCUT2D eigenvalue weighted by molar-refractivity contribution is 6.43. The van der Waals surface area contributed by atoms with E-state index >= 15 is 0 Å². The van der Waals surface area contributed by atoms with E-state index in [1.807, 2.05) is 6.92 Å². The van der Waals surface area contributed by atoms with E-state index in [2.05, 4.69) is 0 Å². The summed E-state index contributed by atoms with van der Waals surface area (Å²) >= 11 is 11.8. The van der Waals surface area contributed by atoms with Crippen LogP contribution in [0.25, 0.3) is 0 Å². The van der Waals surface area contributed by atoms with E-state index in [1.165, 1.54) is 0 Å². The molecule has 1 aromatic rings. The predicted molar refractivity (Wildman–Crippen MR) is 76.8 cm³/mol. The molecule has 0 aliphatic carbocycles. The number of rotatable bonds is 2. The monoisotopic (exact) mass is 302 g/mol. The molecule has 1 aliphatic heterocycles. The number of ether oxygens (including phenoxy) is 1. The van der Waals surface area contributed by atoms with Gasteiger partial charge < -0.3 is 15.4 Å². The summed E-state index contributed by atoms with van der Waals surface area (Å²) in [6.07, 6.45) is 0.977. The fourth-order valence-corrected chi connectivity index (χ4v) is 2.40. The summed E-state index contributed by atoms with van der Waals surface area (Å²) in [5, 5.41) is 0.581. The van der Waals surface area contributed by atoms with Gasteiger partial charge in [-0.25, -0.2) is 0 Å². The Labute approximate surface area is 122 Å². The molecule has 6 heteroatoms. The summed E-state index contributed by atoms with van der Waals surface area (Å²) < 4.78 is 5.54. The van der Waals surface area contributed by atoms with E-state index in [4.69, 9.17) is 33.7 Å². The zero-order valence-corrected chi connectivity index (χ0v) is 12.2. The standard InChI is InChI=1S/C13H16Cl2N2O2/c1-2-9-7-17(3-4-19-9)13(18)8-5-10(14)12(15)11(16)6-8/h5-6,9H,2-4,7,16H2,1H3. The Morgan fingerprint density at radius 2 is 2.26 bits per heavy atom. The molecule has 1 unspecified atom stereocenters. The molecule has 4 nitrogen and oxygen atoms in total. The largest absolute Gasteiger partial charge is 0.397 e. The number of nitrogens with zero attached hydrogens (tertiary/aromatic N) is 1. The van der Waals surface area contributed by atoms with Crippen LogP contribution in [0.2, 0.25) is 10.0 Å². The average molecular weight is 303 g/mol. The number of carbonyl (C=O) groups is 1. The summed E-state index contributed by atoms with van der Waals surface area (Å²) in [7, 11) is 0. The third-order valence-electron chi connectivity index (χ3n) is 3.18. The van der Waals surface area contributed by atoms with Crippen molar-refractivity contribution in [2.24, 2.45) is 0 Å². The number of benzene rings is 1. The van der Waals surface area contributed by atoms with Crippen LogP contribution in [0.1, 0.15) is 23.7 Å². The van der Waals surface area contributed by atoms with Gasteiger partial charge in [-0.1, -0.05) is 30.1 Å². The van der Waals surface area contributed by atoms with Gasteiger partial charge in [0.05, 0.1) is 28.4 Å². The van der Waals surface area contributed by atoms with E-state index in [0.29, 0.717) is 36.0 Å². The molecular formula is C13H16Cl2N2O2. The lowest BCUT2D eigenvalue weighted by atomic mass is 10.1. The lowest BCUT2D eigenvalue weighted by molar-refractivity contribution is -0.0226. The van der Waals surface area contributed by atoms with Gasteiger partial charge in [-0.2, -0.15) is 0 Å². The first-order chi connectivity index (χ1) is 9.02. The second kappa shape index (κ2) is 5.99. The number of halogens is 2. The number of nitrogen functional groups attached to an aromatic ring is 1. The second-order valence-electron chi connectivity index (χ2n) is 4.51. The lowest BCUT2D eigenvalue weighted by Gasteiger charge is -2.32. The molecule has 1 amide bonds. The molecule has 104 valence electrons. The molecule has 1 atom stereocenters. The zero-order chi connectivity index (χ0) is 14.0. The van der Waals surface area contributed by atoms with Gasteiger partial charge in [-0.3, -0.25) is 4.79 Å². The minimum atomic E-state index is -0.0907. The number of anilines is 1. The van der Waals surface area contributed by atoms with Crippen molar-refractivity contribution in [3.63, 3.8) is 0 Å². The topological polar surface area (TPSA) is 55.6 Å². The van der Waals surface area contributed by atoms with Crippen LogP contribution >= 0.6 is 23.2 Å². The Kier molecular flexibility index (Phi) is 4.55. The van der Waals surface area contributed by atoms with E-state index in [-0.39, 0.29) is 17.0 Å². The number of hydrogen-bond donors (Lipinski definition) is 1. The maximum Gasteiger partial charge on any atom is 0.254 e. The fourth-order valence-electron chi connectivity index (χ4n) is 2.07. The Bertz CT molecular complexity index is 471. The predicted octanol–water partition coefficient (Wildman–Crippen LogP) is 2.83. The van der Waals surface area contributed by atoms with Crippen LogP contribution in [0, 0.1) is 0 Å². The Balaban J connectivity index is 2.19. The minimum absolute atomic E-state index is 0.0907. The minimum Gasteiger partial charge on any atom is -0.397 e. The molecule has 1 saturated heterocycles. The number of morpholine rings is 1.